The number of nitrogens with zero attached hydrogens (tertiary/aromatic N) is 1. The molecule has 0 N–H and O–H groups in total. The third-order valence-corrected chi connectivity index (χ3v) is 13.0. The first-order valence-electron chi connectivity index (χ1n) is 18.1. The zero-order valence-electron chi connectivity index (χ0n) is 29.6. The van der Waals surface area contributed by atoms with Crippen molar-refractivity contribution in [1.29, 1.82) is 0 Å². The Hall–Kier alpha value is -5.40. The summed E-state index contributed by atoms with van der Waals surface area (Å²) in [6, 6.07) is 48.8. The molecule has 50 heavy (non-hydrogen) atoms. The smallest absolute Gasteiger partial charge is 0.0544 e. The molecule has 1 nitrogen and oxygen atoms in total. The Balaban J connectivity index is 1.22. The van der Waals surface area contributed by atoms with Gasteiger partial charge in [-0.05, 0) is 109 Å². The number of hydrogen-bond acceptors (Lipinski definition) is 0. The van der Waals surface area contributed by atoms with Crippen LogP contribution >= 0.6 is 0 Å². The Labute approximate surface area is 293 Å². The molecule has 240 valence electrons. The second-order valence-electron chi connectivity index (χ2n) is 16.5. The molecule has 8 aromatic rings. The molecule has 0 fully saturated rings. The number of rotatable bonds is 1. The fraction of sp³-hybridized carbons (Fsp3) is 0.184. The predicted molar refractivity (Wildman–Crippen MR) is 211 cm³/mol. The van der Waals surface area contributed by atoms with Crippen LogP contribution in [-0.4, -0.2) is 4.57 Å². The lowest BCUT2D eigenvalue weighted by Gasteiger charge is -2.25. The molecule has 0 atom stereocenters. The first-order valence-corrected chi connectivity index (χ1v) is 18.1. The van der Waals surface area contributed by atoms with Gasteiger partial charge in [-0.1, -0.05) is 133 Å². The normalized spacial score (nSPS) is 16.7. The van der Waals surface area contributed by atoms with E-state index in [0.717, 1.165) is 0 Å². The van der Waals surface area contributed by atoms with Gasteiger partial charge in [-0.3, -0.25) is 0 Å². The van der Waals surface area contributed by atoms with Gasteiger partial charge in [0.05, 0.1) is 16.7 Å². The van der Waals surface area contributed by atoms with Gasteiger partial charge in [0.15, 0.2) is 0 Å². The fourth-order valence-electron chi connectivity index (χ4n) is 10.4. The minimum atomic E-state index is -0.163. The molecule has 3 aliphatic rings. The van der Waals surface area contributed by atoms with E-state index in [2.05, 4.69) is 174 Å². The van der Waals surface area contributed by atoms with Gasteiger partial charge in [0.25, 0.3) is 0 Å². The Kier molecular flexibility index (Phi) is 5.14. The SMILES string of the molecule is CC1(C)c2ccccc2-c2cc3c(cc21)-c1c(cc(-n2c4ccccc4c4cc5c(cc42)C(C)(C)c2ccccc2-5)c2ccccc12)C3(C)C. The van der Waals surface area contributed by atoms with Crippen molar-refractivity contribution in [2.75, 3.05) is 0 Å². The van der Waals surface area contributed by atoms with E-state index >= 15 is 0 Å². The molecule has 0 aliphatic heterocycles. The Morgan fingerprint density at radius 2 is 0.840 bits per heavy atom. The molecule has 0 unspecified atom stereocenters. The lowest BCUT2D eigenvalue weighted by Crippen LogP contribution is -2.17. The van der Waals surface area contributed by atoms with Crippen LogP contribution in [0.2, 0.25) is 0 Å². The van der Waals surface area contributed by atoms with Gasteiger partial charge in [-0.25, -0.2) is 0 Å². The van der Waals surface area contributed by atoms with Crippen molar-refractivity contribution in [2.24, 2.45) is 0 Å². The van der Waals surface area contributed by atoms with Gasteiger partial charge in [-0.2, -0.15) is 0 Å². The second kappa shape index (κ2) is 9.03. The molecular weight excluding hydrogens is 603 g/mol. The maximum Gasteiger partial charge on any atom is 0.0544 e. The summed E-state index contributed by atoms with van der Waals surface area (Å²) in [4.78, 5) is 0. The van der Waals surface area contributed by atoms with Crippen LogP contribution in [0.1, 0.15) is 74.9 Å². The standard InChI is InChI=1S/C49H39N/c1-47(2)38-21-13-10-16-29(38)34-24-40-36(25-39(34)47)46-32-19-8-7-17-30(32)44(27-42(46)49(40,5)6)50-43-22-14-11-18-31(43)35-23-33-28-15-9-12-20-37(28)48(3,4)41(33)26-45(35)50/h7-27H,1-6H3. The zero-order chi connectivity index (χ0) is 33.9. The summed E-state index contributed by atoms with van der Waals surface area (Å²) in [5, 5.41) is 5.25. The minimum Gasteiger partial charge on any atom is -0.309 e. The first kappa shape index (κ1) is 28.4. The van der Waals surface area contributed by atoms with Crippen LogP contribution in [0.4, 0.5) is 0 Å². The number of aromatic nitrogens is 1. The summed E-state index contributed by atoms with van der Waals surface area (Å²) in [5.41, 5.74) is 20.4. The molecule has 1 heteroatoms. The van der Waals surface area contributed by atoms with Crippen molar-refractivity contribution in [2.45, 2.75) is 57.8 Å². The molecule has 0 amide bonds. The summed E-state index contributed by atoms with van der Waals surface area (Å²) < 4.78 is 2.57. The van der Waals surface area contributed by atoms with E-state index < -0.39 is 0 Å². The third-order valence-electron chi connectivity index (χ3n) is 13.0. The fourth-order valence-corrected chi connectivity index (χ4v) is 10.4. The molecule has 0 bridgehead atoms. The average molecular weight is 642 g/mol. The van der Waals surface area contributed by atoms with Gasteiger partial charge in [0.2, 0.25) is 0 Å². The average Bonchev–Trinajstić information content (AvgIpc) is 3.73. The van der Waals surface area contributed by atoms with Crippen molar-refractivity contribution in [1.82, 2.24) is 4.57 Å². The molecule has 0 saturated heterocycles. The summed E-state index contributed by atoms with van der Waals surface area (Å²) in [6.45, 7) is 14.4. The lowest BCUT2D eigenvalue weighted by atomic mass is 9.79. The Bertz CT molecular complexity index is 2830. The van der Waals surface area contributed by atoms with Crippen LogP contribution in [0.25, 0.3) is 71.6 Å². The van der Waals surface area contributed by atoms with E-state index in [1.807, 2.05) is 0 Å². The largest absolute Gasteiger partial charge is 0.309 e. The molecule has 3 aliphatic carbocycles. The summed E-state index contributed by atoms with van der Waals surface area (Å²) in [7, 11) is 0. The third kappa shape index (κ3) is 3.25. The molecule has 1 aromatic heterocycles. The molecule has 1 heterocycles. The van der Waals surface area contributed by atoms with Crippen molar-refractivity contribution in [3.63, 3.8) is 0 Å². The van der Waals surface area contributed by atoms with E-state index in [4.69, 9.17) is 0 Å². The molecule has 0 saturated carbocycles. The highest BCUT2D eigenvalue weighted by Gasteiger charge is 2.43. The zero-order valence-corrected chi connectivity index (χ0v) is 29.6. The van der Waals surface area contributed by atoms with E-state index in [1.165, 1.54) is 105 Å². The highest BCUT2D eigenvalue weighted by Crippen LogP contribution is 2.58. The Morgan fingerprint density at radius 1 is 0.340 bits per heavy atom. The molecule has 7 aromatic carbocycles. The number of para-hydroxylation sites is 1. The van der Waals surface area contributed by atoms with Gasteiger partial charge >= 0.3 is 0 Å². The lowest BCUT2D eigenvalue weighted by molar-refractivity contribution is 0.652. The number of fused-ring (bicyclic) bond motifs is 14. The van der Waals surface area contributed by atoms with Crippen molar-refractivity contribution < 1.29 is 0 Å². The topological polar surface area (TPSA) is 4.93 Å². The van der Waals surface area contributed by atoms with E-state index in [-0.39, 0.29) is 16.2 Å². The van der Waals surface area contributed by atoms with Gasteiger partial charge in [0, 0.05) is 32.4 Å². The van der Waals surface area contributed by atoms with Gasteiger partial charge in [0.1, 0.15) is 0 Å². The molecule has 0 spiro atoms. The van der Waals surface area contributed by atoms with E-state index in [9.17, 15) is 0 Å². The molecule has 0 radical (unpaired) electrons. The van der Waals surface area contributed by atoms with Gasteiger partial charge < -0.3 is 4.57 Å². The quantitative estimate of drug-likeness (QED) is 0.168. The molecular formula is C49H39N. The van der Waals surface area contributed by atoms with Crippen molar-refractivity contribution in [3.8, 4) is 39.1 Å². The van der Waals surface area contributed by atoms with Crippen molar-refractivity contribution >= 4 is 32.6 Å². The summed E-state index contributed by atoms with van der Waals surface area (Å²) >= 11 is 0. The van der Waals surface area contributed by atoms with Crippen LogP contribution in [0, 0.1) is 0 Å². The highest BCUT2D eigenvalue weighted by atomic mass is 15.0. The van der Waals surface area contributed by atoms with E-state index in [1.54, 1.807) is 0 Å². The number of hydrogen-bond donors (Lipinski definition) is 0. The summed E-state index contributed by atoms with van der Waals surface area (Å²) in [5.74, 6) is 0. The van der Waals surface area contributed by atoms with Crippen LogP contribution in [0.15, 0.2) is 127 Å². The van der Waals surface area contributed by atoms with Crippen LogP contribution < -0.4 is 0 Å². The van der Waals surface area contributed by atoms with Crippen LogP contribution in [0.5, 0.6) is 0 Å². The maximum absolute atomic E-state index is 2.57. The van der Waals surface area contributed by atoms with Crippen LogP contribution in [0.3, 0.4) is 0 Å². The summed E-state index contributed by atoms with van der Waals surface area (Å²) in [6.07, 6.45) is 0. The maximum atomic E-state index is 2.57. The predicted octanol–water partition coefficient (Wildman–Crippen LogP) is 12.9. The minimum absolute atomic E-state index is 0.0414. The highest BCUT2D eigenvalue weighted by molar-refractivity contribution is 6.14. The molecule has 11 rings (SSSR count). The second-order valence-corrected chi connectivity index (χ2v) is 16.5. The van der Waals surface area contributed by atoms with Gasteiger partial charge in [-0.15, -0.1) is 0 Å². The van der Waals surface area contributed by atoms with E-state index in [0.29, 0.717) is 0 Å². The van der Waals surface area contributed by atoms with Crippen LogP contribution in [-0.2, 0) is 16.2 Å². The monoisotopic (exact) mass is 641 g/mol. The first-order chi connectivity index (χ1) is 24.1. The number of benzene rings is 7. The Morgan fingerprint density at radius 3 is 1.54 bits per heavy atom. The van der Waals surface area contributed by atoms with Crippen molar-refractivity contribution in [3.05, 3.63) is 161 Å².